The topological polar surface area (TPSA) is 98.7 Å². The highest BCUT2D eigenvalue weighted by atomic mass is 16.4. The molecule has 0 radical (unpaired) electrons. The van der Waals surface area contributed by atoms with Crippen molar-refractivity contribution in [2.45, 2.75) is 39.7 Å². The average Bonchev–Trinajstić information content (AvgIpc) is 2.29. The predicted molar refractivity (Wildman–Crippen MR) is 70.8 cm³/mol. The van der Waals surface area contributed by atoms with Gasteiger partial charge in [-0.1, -0.05) is 0 Å². The number of carbonyl (C=O) groups is 3. The zero-order valence-corrected chi connectivity index (χ0v) is 11.9. The van der Waals surface area contributed by atoms with E-state index in [0.717, 1.165) is 0 Å². The molecule has 19 heavy (non-hydrogen) atoms. The fraction of sp³-hybridized carbons (Fsp3) is 0.750. The van der Waals surface area contributed by atoms with E-state index in [4.69, 9.17) is 5.11 Å². The average molecular weight is 273 g/mol. The van der Waals surface area contributed by atoms with E-state index >= 15 is 0 Å². The lowest BCUT2D eigenvalue weighted by Gasteiger charge is -2.22. The van der Waals surface area contributed by atoms with Gasteiger partial charge in [0.1, 0.15) is 5.54 Å². The van der Waals surface area contributed by atoms with Gasteiger partial charge in [0.05, 0.1) is 0 Å². The molecular formula is C12H23N3O4. The van der Waals surface area contributed by atoms with Gasteiger partial charge in [-0.05, 0) is 27.7 Å². The highest BCUT2D eigenvalue weighted by Gasteiger charge is 2.28. The standard InChI is InChI=1S/C12H23N3O4/c1-5-15(6-2)9(16)7-8-13-11(19)14-12(3,4)10(17)18/h5-8H2,1-4H3,(H,17,18)(H2,13,14,19). The molecule has 7 nitrogen and oxygen atoms in total. The lowest BCUT2D eigenvalue weighted by Crippen LogP contribution is -2.53. The van der Waals surface area contributed by atoms with Gasteiger partial charge in [0.25, 0.3) is 0 Å². The van der Waals surface area contributed by atoms with Crippen molar-refractivity contribution in [3.63, 3.8) is 0 Å². The molecule has 0 saturated carbocycles. The number of hydrogen-bond donors (Lipinski definition) is 3. The van der Waals surface area contributed by atoms with Crippen molar-refractivity contribution in [3.05, 3.63) is 0 Å². The molecule has 0 aliphatic heterocycles. The van der Waals surface area contributed by atoms with Gasteiger partial charge >= 0.3 is 12.0 Å². The normalized spacial score (nSPS) is 10.7. The second-order valence-electron chi connectivity index (χ2n) is 4.63. The number of aliphatic carboxylic acids is 1. The van der Waals surface area contributed by atoms with Gasteiger partial charge in [-0.3, -0.25) is 4.79 Å². The van der Waals surface area contributed by atoms with E-state index in [1.807, 2.05) is 13.8 Å². The van der Waals surface area contributed by atoms with Crippen molar-refractivity contribution in [1.29, 1.82) is 0 Å². The van der Waals surface area contributed by atoms with Crippen LogP contribution in [0.2, 0.25) is 0 Å². The molecule has 0 aromatic carbocycles. The summed E-state index contributed by atoms with van der Waals surface area (Å²) < 4.78 is 0. The quantitative estimate of drug-likeness (QED) is 0.625. The van der Waals surface area contributed by atoms with Crippen LogP contribution in [0.5, 0.6) is 0 Å². The molecule has 110 valence electrons. The van der Waals surface area contributed by atoms with E-state index < -0.39 is 17.5 Å². The van der Waals surface area contributed by atoms with Gasteiger partial charge < -0.3 is 20.6 Å². The molecular weight excluding hydrogens is 250 g/mol. The molecule has 0 heterocycles. The summed E-state index contributed by atoms with van der Waals surface area (Å²) in [6, 6.07) is -0.597. The number of urea groups is 1. The Morgan fingerprint density at radius 2 is 1.68 bits per heavy atom. The summed E-state index contributed by atoms with van der Waals surface area (Å²) in [5.41, 5.74) is -1.34. The highest BCUT2D eigenvalue weighted by molar-refractivity contribution is 5.85. The van der Waals surface area contributed by atoms with Gasteiger partial charge in [0, 0.05) is 26.1 Å². The van der Waals surface area contributed by atoms with Crippen molar-refractivity contribution in [2.75, 3.05) is 19.6 Å². The van der Waals surface area contributed by atoms with Crippen LogP contribution in [0.25, 0.3) is 0 Å². The summed E-state index contributed by atoms with van der Waals surface area (Å²) in [7, 11) is 0. The molecule has 0 fully saturated rings. The molecule has 0 atom stereocenters. The molecule has 0 spiro atoms. The Morgan fingerprint density at radius 1 is 1.16 bits per heavy atom. The Labute approximate surface area is 113 Å². The number of nitrogens with zero attached hydrogens (tertiary/aromatic N) is 1. The largest absolute Gasteiger partial charge is 0.480 e. The van der Waals surface area contributed by atoms with E-state index in [1.54, 1.807) is 4.90 Å². The van der Waals surface area contributed by atoms with E-state index in [2.05, 4.69) is 10.6 Å². The summed E-state index contributed by atoms with van der Waals surface area (Å²) in [6.07, 6.45) is 0.197. The number of rotatable bonds is 7. The van der Waals surface area contributed by atoms with Crippen LogP contribution in [0.15, 0.2) is 0 Å². The van der Waals surface area contributed by atoms with Gasteiger partial charge in [-0.15, -0.1) is 0 Å². The maximum Gasteiger partial charge on any atom is 0.328 e. The second kappa shape index (κ2) is 7.60. The van der Waals surface area contributed by atoms with Crippen LogP contribution >= 0.6 is 0 Å². The first-order chi connectivity index (χ1) is 8.74. The second-order valence-corrected chi connectivity index (χ2v) is 4.63. The predicted octanol–water partition coefficient (Wildman–Crippen LogP) is 0.407. The molecule has 0 bridgehead atoms. The Bertz CT molecular complexity index is 338. The zero-order chi connectivity index (χ0) is 15.1. The highest BCUT2D eigenvalue weighted by Crippen LogP contribution is 2.01. The Morgan fingerprint density at radius 3 is 2.11 bits per heavy atom. The number of amides is 3. The third-order valence-electron chi connectivity index (χ3n) is 2.70. The van der Waals surface area contributed by atoms with Crippen LogP contribution in [-0.2, 0) is 9.59 Å². The summed E-state index contributed by atoms with van der Waals surface area (Å²) >= 11 is 0. The van der Waals surface area contributed by atoms with E-state index in [0.29, 0.717) is 13.1 Å². The zero-order valence-electron chi connectivity index (χ0n) is 11.9. The molecule has 0 aromatic heterocycles. The first-order valence-corrected chi connectivity index (χ1v) is 6.31. The van der Waals surface area contributed by atoms with Gasteiger partial charge in [-0.25, -0.2) is 9.59 Å². The fourth-order valence-corrected chi connectivity index (χ4v) is 1.40. The first-order valence-electron chi connectivity index (χ1n) is 6.31. The molecule has 0 aliphatic rings. The van der Waals surface area contributed by atoms with Crippen molar-refractivity contribution in [2.24, 2.45) is 0 Å². The summed E-state index contributed by atoms with van der Waals surface area (Å²) in [6.45, 7) is 7.98. The minimum absolute atomic E-state index is 0.0391. The van der Waals surface area contributed by atoms with Crippen LogP contribution < -0.4 is 10.6 Å². The fourth-order valence-electron chi connectivity index (χ4n) is 1.40. The summed E-state index contributed by atoms with van der Waals surface area (Å²) in [5.74, 6) is -1.16. The monoisotopic (exact) mass is 273 g/mol. The maximum atomic E-state index is 11.6. The van der Waals surface area contributed by atoms with Crippen molar-refractivity contribution >= 4 is 17.9 Å². The van der Waals surface area contributed by atoms with E-state index in [-0.39, 0.29) is 18.9 Å². The van der Waals surface area contributed by atoms with Crippen LogP contribution in [0.1, 0.15) is 34.1 Å². The maximum absolute atomic E-state index is 11.6. The minimum atomic E-state index is -1.34. The smallest absolute Gasteiger partial charge is 0.328 e. The van der Waals surface area contributed by atoms with E-state index in [1.165, 1.54) is 13.8 Å². The summed E-state index contributed by atoms with van der Waals surface area (Å²) in [4.78, 5) is 35.6. The van der Waals surface area contributed by atoms with Crippen molar-refractivity contribution in [3.8, 4) is 0 Å². The molecule has 3 amide bonds. The van der Waals surface area contributed by atoms with Crippen LogP contribution in [0.4, 0.5) is 4.79 Å². The lowest BCUT2D eigenvalue weighted by atomic mass is 10.1. The number of nitrogens with one attached hydrogen (secondary N) is 2. The van der Waals surface area contributed by atoms with Gasteiger partial charge in [0.2, 0.25) is 5.91 Å². The SMILES string of the molecule is CCN(CC)C(=O)CCNC(=O)NC(C)(C)C(=O)O. The minimum Gasteiger partial charge on any atom is -0.480 e. The Kier molecular flexibility index (Phi) is 6.89. The number of carbonyl (C=O) groups excluding carboxylic acids is 2. The molecule has 0 aliphatic carbocycles. The summed E-state index contributed by atoms with van der Waals surface area (Å²) in [5, 5.41) is 13.6. The first kappa shape index (κ1) is 17.2. The van der Waals surface area contributed by atoms with E-state index in [9.17, 15) is 14.4 Å². The number of carboxylic acids is 1. The van der Waals surface area contributed by atoms with Gasteiger partial charge in [0.15, 0.2) is 0 Å². The molecule has 3 N–H and O–H groups in total. The molecule has 7 heteroatoms. The van der Waals surface area contributed by atoms with Crippen LogP contribution in [0, 0.1) is 0 Å². The molecule has 0 unspecified atom stereocenters. The van der Waals surface area contributed by atoms with Crippen LogP contribution in [-0.4, -0.2) is 53.1 Å². The van der Waals surface area contributed by atoms with Crippen LogP contribution in [0.3, 0.4) is 0 Å². The Hall–Kier alpha value is -1.79. The van der Waals surface area contributed by atoms with Crippen molar-refractivity contribution < 1.29 is 19.5 Å². The molecule has 0 rings (SSSR count). The molecule has 0 aromatic rings. The number of hydrogen-bond acceptors (Lipinski definition) is 3. The van der Waals surface area contributed by atoms with Crippen molar-refractivity contribution in [1.82, 2.24) is 15.5 Å². The Balaban J connectivity index is 4.06. The third kappa shape index (κ3) is 6.08. The lowest BCUT2D eigenvalue weighted by molar-refractivity contribution is -0.143. The number of carboxylic acid groups (broad SMARTS) is 1. The molecule has 0 saturated heterocycles. The third-order valence-corrected chi connectivity index (χ3v) is 2.70. The van der Waals surface area contributed by atoms with Gasteiger partial charge in [-0.2, -0.15) is 0 Å².